The molecule has 0 radical (unpaired) electrons. The van der Waals surface area contributed by atoms with Crippen LogP contribution in [0.5, 0.6) is 0 Å². The van der Waals surface area contributed by atoms with Crippen LogP contribution in [0.25, 0.3) is 0 Å². The second kappa shape index (κ2) is 7.93. The molecule has 0 aromatic heterocycles. The van der Waals surface area contributed by atoms with Gasteiger partial charge in [-0.05, 0) is 37.3 Å². The number of piperidine rings is 1. The number of aryl methyl sites for hydroxylation is 1. The van der Waals surface area contributed by atoms with Gasteiger partial charge in [0, 0.05) is 24.7 Å². The van der Waals surface area contributed by atoms with Crippen molar-refractivity contribution in [3.05, 3.63) is 29.8 Å². The first kappa shape index (κ1) is 17.9. The SMILES string of the molecule is CCCS(=O)(=O)N1CCC(C(=O)Nc2ccccc2CC)CC1. The third-order valence-electron chi connectivity index (χ3n) is 4.34. The quantitative estimate of drug-likeness (QED) is 0.867. The average Bonchev–Trinajstić information content (AvgIpc) is 2.55. The lowest BCUT2D eigenvalue weighted by atomic mass is 9.97. The molecule has 1 aliphatic rings. The molecular weight excluding hydrogens is 312 g/mol. The van der Waals surface area contributed by atoms with Gasteiger partial charge in [-0.25, -0.2) is 12.7 Å². The van der Waals surface area contributed by atoms with Crippen LogP contribution in [0.4, 0.5) is 5.69 Å². The molecule has 0 unspecified atom stereocenters. The van der Waals surface area contributed by atoms with Crippen molar-refractivity contribution in [3.63, 3.8) is 0 Å². The highest BCUT2D eigenvalue weighted by molar-refractivity contribution is 7.89. The molecule has 1 fully saturated rings. The van der Waals surface area contributed by atoms with Gasteiger partial charge in [-0.3, -0.25) is 4.79 Å². The zero-order valence-electron chi connectivity index (χ0n) is 13.9. The van der Waals surface area contributed by atoms with Crippen LogP contribution in [-0.2, 0) is 21.2 Å². The second-order valence-electron chi connectivity index (χ2n) is 5.99. The number of hydrogen-bond acceptors (Lipinski definition) is 3. The first-order valence-corrected chi connectivity index (χ1v) is 9.95. The van der Waals surface area contributed by atoms with Crippen LogP contribution in [0.2, 0.25) is 0 Å². The Balaban J connectivity index is 1.94. The molecule has 0 spiro atoms. The number of benzene rings is 1. The lowest BCUT2D eigenvalue weighted by Crippen LogP contribution is -2.42. The maximum atomic E-state index is 12.4. The van der Waals surface area contributed by atoms with Crippen LogP contribution < -0.4 is 5.32 Å². The predicted octanol–water partition coefficient (Wildman–Crippen LogP) is 2.64. The first-order chi connectivity index (χ1) is 11.0. The molecule has 23 heavy (non-hydrogen) atoms. The summed E-state index contributed by atoms with van der Waals surface area (Å²) in [6.07, 6.45) is 2.66. The normalized spacial score (nSPS) is 17.1. The highest BCUT2D eigenvalue weighted by Gasteiger charge is 2.30. The van der Waals surface area contributed by atoms with Crippen molar-refractivity contribution in [2.75, 3.05) is 24.2 Å². The maximum Gasteiger partial charge on any atom is 0.227 e. The summed E-state index contributed by atoms with van der Waals surface area (Å²) < 4.78 is 25.7. The molecule has 0 aliphatic carbocycles. The molecule has 1 heterocycles. The van der Waals surface area contributed by atoms with Crippen molar-refractivity contribution < 1.29 is 13.2 Å². The fraction of sp³-hybridized carbons (Fsp3) is 0.588. The van der Waals surface area contributed by atoms with Crippen molar-refractivity contribution in [1.82, 2.24) is 4.31 Å². The number of nitrogens with one attached hydrogen (secondary N) is 1. The van der Waals surface area contributed by atoms with Gasteiger partial charge in [0.15, 0.2) is 0 Å². The van der Waals surface area contributed by atoms with Crippen LogP contribution in [0.3, 0.4) is 0 Å². The topological polar surface area (TPSA) is 66.5 Å². The smallest absolute Gasteiger partial charge is 0.227 e. The minimum Gasteiger partial charge on any atom is -0.326 e. The van der Waals surface area contributed by atoms with Crippen molar-refractivity contribution in [3.8, 4) is 0 Å². The molecule has 0 saturated carbocycles. The predicted molar refractivity (Wildman–Crippen MR) is 92.8 cm³/mol. The Hall–Kier alpha value is -1.40. The molecule has 1 aliphatic heterocycles. The summed E-state index contributed by atoms with van der Waals surface area (Å²) in [6, 6.07) is 7.80. The maximum absolute atomic E-state index is 12.4. The molecule has 1 N–H and O–H groups in total. The van der Waals surface area contributed by atoms with Crippen LogP contribution >= 0.6 is 0 Å². The third kappa shape index (κ3) is 4.54. The molecule has 128 valence electrons. The number of anilines is 1. The van der Waals surface area contributed by atoms with E-state index >= 15 is 0 Å². The summed E-state index contributed by atoms with van der Waals surface area (Å²) in [4.78, 5) is 12.4. The summed E-state index contributed by atoms with van der Waals surface area (Å²) >= 11 is 0. The van der Waals surface area contributed by atoms with Crippen LogP contribution in [0.15, 0.2) is 24.3 Å². The Bertz CT molecular complexity index is 635. The Kier molecular flexibility index (Phi) is 6.18. The minimum atomic E-state index is -3.15. The summed E-state index contributed by atoms with van der Waals surface area (Å²) in [5.41, 5.74) is 1.98. The van der Waals surface area contributed by atoms with Crippen LogP contribution in [-0.4, -0.2) is 37.5 Å². The Morgan fingerprint density at radius 1 is 1.22 bits per heavy atom. The molecule has 1 aromatic carbocycles. The van der Waals surface area contributed by atoms with E-state index in [1.165, 1.54) is 4.31 Å². The van der Waals surface area contributed by atoms with Crippen molar-refractivity contribution in [2.24, 2.45) is 5.92 Å². The molecule has 6 heteroatoms. The molecule has 0 bridgehead atoms. The van der Waals surface area contributed by atoms with Crippen molar-refractivity contribution >= 4 is 21.6 Å². The van der Waals surface area contributed by atoms with Gasteiger partial charge < -0.3 is 5.32 Å². The summed E-state index contributed by atoms with van der Waals surface area (Å²) in [5.74, 6) is 0.0692. The van der Waals surface area contributed by atoms with Crippen molar-refractivity contribution in [1.29, 1.82) is 0 Å². The minimum absolute atomic E-state index is 0.00144. The lowest BCUT2D eigenvalue weighted by molar-refractivity contribution is -0.120. The Morgan fingerprint density at radius 2 is 1.87 bits per heavy atom. The van der Waals surface area contributed by atoms with Gasteiger partial charge in [-0.1, -0.05) is 32.0 Å². The number of rotatable bonds is 6. The molecule has 2 rings (SSSR count). The summed E-state index contributed by atoms with van der Waals surface area (Å²) in [7, 11) is -3.15. The zero-order chi connectivity index (χ0) is 16.9. The Labute approximate surface area is 139 Å². The van der Waals surface area contributed by atoms with E-state index in [1.54, 1.807) is 0 Å². The van der Waals surface area contributed by atoms with Gasteiger partial charge in [-0.15, -0.1) is 0 Å². The van der Waals surface area contributed by atoms with Crippen LogP contribution in [0.1, 0.15) is 38.7 Å². The van der Waals surface area contributed by atoms with E-state index < -0.39 is 10.0 Å². The highest BCUT2D eigenvalue weighted by atomic mass is 32.2. The van der Waals surface area contributed by atoms with E-state index in [4.69, 9.17) is 0 Å². The number of sulfonamides is 1. The van der Waals surface area contributed by atoms with Gasteiger partial charge in [0.25, 0.3) is 0 Å². The van der Waals surface area contributed by atoms with Gasteiger partial charge in [0.2, 0.25) is 15.9 Å². The van der Waals surface area contributed by atoms with E-state index in [0.29, 0.717) is 32.4 Å². The van der Waals surface area contributed by atoms with Gasteiger partial charge in [0.1, 0.15) is 0 Å². The molecule has 1 saturated heterocycles. The average molecular weight is 338 g/mol. The zero-order valence-corrected chi connectivity index (χ0v) is 14.7. The largest absolute Gasteiger partial charge is 0.326 e. The fourth-order valence-electron chi connectivity index (χ4n) is 2.97. The number of carbonyl (C=O) groups is 1. The summed E-state index contributed by atoms with van der Waals surface area (Å²) in [6.45, 7) is 4.80. The molecule has 1 amide bonds. The monoisotopic (exact) mass is 338 g/mol. The number of nitrogens with zero attached hydrogens (tertiary/aromatic N) is 1. The fourth-order valence-corrected chi connectivity index (χ4v) is 4.51. The Morgan fingerprint density at radius 3 is 2.48 bits per heavy atom. The van der Waals surface area contributed by atoms with E-state index in [0.717, 1.165) is 17.7 Å². The standard InChI is InChI=1S/C17H26N2O3S/c1-3-13-23(21,22)19-11-9-15(10-12-19)17(20)18-16-8-6-5-7-14(16)4-2/h5-8,15H,3-4,9-13H2,1-2H3,(H,18,20). The van der Waals surface area contributed by atoms with Gasteiger partial charge in [0.05, 0.1) is 5.75 Å². The molecule has 0 atom stereocenters. The second-order valence-corrected chi connectivity index (χ2v) is 8.08. The van der Waals surface area contributed by atoms with E-state index in [-0.39, 0.29) is 17.6 Å². The number of hydrogen-bond donors (Lipinski definition) is 1. The number of para-hydroxylation sites is 1. The van der Waals surface area contributed by atoms with Crippen LogP contribution in [0, 0.1) is 5.92 Å². The molecular formula is C17H26N2O3S. The summed E-state index contributed by atoms with van der Waals surface area (Å²) in [5, 5.41) is 3.00. The first-order valence-electron chi connectivity index (χ1n) is 8.34. The highest BCUT2D eigenvalue weighted by Crippen LogP contribution is 2.23. The molecule has 5 nitrogen and oxygen atoms in total. The van der Waals surface area contributed by atoms with Gasteiger partial charge in [-0.2, -0.15) is 0 Å². The number of amides is 1. The van der Waals surface area contributed by atoms with E-state index in [2.05, 4.69) is 12.2 Å². The number of carbonyl (C=O) groups excluding carboxylic acids is 1. The van der Waals surface area contributed by atoms with E-state index in [9.17, 15) is 13.2 Å². The molecule has 1 aromatic rings. The third-order valence-corrected chi connectivity index (χ3v) is 6.41. The lowest BCUT2D eigenvalue weighted by Gasteiger charge is -2.30. The van der Waals surface area contributed by atoms with Gasteiger partial charge >= 0.3 is 0 Å². The van der Waals surface area contributed by atoms with E-state index in [1.807, 2.05) is 31.2 Å². The van der Waals surface area contributed by atoms with Crippen molar-refractivity contribution in [2.45, 2.75) is 39.5 Å².